The Balaban J connectivity index is 1.64. The van der Waals surface area contributed by atoms with Gasteiger partial charge < -0.3 is 14.6 Å². The Hall–Kier alpha value is -3.06. The third kappa shape index (κ3) is 4.80. The molecular weight excluding hydrogens is 374 g/mol. The highest BCUT2D eigenvalue weighted by molar-refractivity contribution is 8.00. The van der Waals surface area contributed by atoms with E-state index < -0.39 is 5.25 Å². The summed E-state index contributed by atoms with van der Waals surface area (Å²) in [5.41, 5.74) is 2.54. The lowest BCUT2D eigenvalue weighted by molar-refractivity contribution is -0.139. The molecule has 0 saturated carbocycles. The first-order valence-corrected chi connectivity index (χ1v) is 9.65. The van der Waals surface area contributed by atoms with Crippen LogP contribution in [0.2, 0.25) is 0 Å². The van der Waals surface area contributed by atoms with Gasteiger partial charge in [0.25, 0.3) is 5.91 Å². The molecular formula is C21H21N3O3S. The zero-order valence-electron chi connectivity index (χ0n) is 15.7. The van der Waals surface area contributed by atoms with Crippen LogP contribution in [0.3, 0.4) is 0 Å². The summed E-state index contributed by atoms with van der Waals surface area (Å²) in [7, 11) is 1.36. The Labute approximate surface area is 167 Å². The lowest BCUT2D eigenvalue weighted by atomic mass is 10.2. The number of imidazole rings is 1. The van der Waals surface area contributed by atoms with E-state index in [9.17, 15) is 9.59 Å². The molecule has 2 aromatic carbocycles. The highest BCUT2D eigenvalue weighted by Gasteiger charge is 2.18. The maximum atomic E-state index is 12.7. The number of thioether (sulfide) groups is 1. The molecule has 1 N–H and O–H groups in total. The van der Waals surface area contributed by atoms with Gasteiger partial charge in [0.05, 0.1) is 19.0 Å². The van der Waals surface area contributed by atoms with Crippen LogP contribution < -0.4 is 5.32 Å². The van der Waals surface area contributed by atoms with Crippen LogP contribution in [0.15, 0.2) is 72.1 Å². The summed E-state index contributed by atoms with van der Waals surface area (Å²) >= 11 is 1.31. The number of carbonyl (C=O) groups is 2. The van der Waals surface area contributed by atoms with E-state index in [1.807, 2.05) is 53.2 Å². The number of ether oxygens (including phenoxy) is 1. The van der Waals surface area contributed by atoms with Crippen molar-refractivity contribution in [2.45, 2.75) is 23.6 Å². The normalized spacial score (nSPS) is 11.6. The SMILES string of the molecule is COC(=O)C(C)Sc1ccccc1C(=O)NCc1ccc(-n2ccnc2)cc1. The van der Waals surface area contributed by atoms with Crippen molar-refractivity contribution < 1.29 is 14.3 Å². The monoisotopic (exact) mass is 395 g/mol. The summed E-state index contributed by atoms with van der Waals surface area (Å²) < 4.78 is 6.68. The van der Waals surface area contributed by atoms with Crippen molar-refractivity contribution in [3.8, 4) is 5.69 Å². The molecule has 0 radical (unpaired) electrons. The van der Waals surface area contributed by atoms with E-state index in [1.165, 1.54) is 18.9 Å². The second-order valence-corrected chi connectivity index (χ2v) is 7.48. The Morgan fingerprint density at radius 3 is 2.61 bits per heavy atom. The van der Waals surface area contributed by atoms with E-state index in [4.69, 9.17) is 4.74 Å². The Morgan fingerprint density at radius 2 is 1.93 bits per heavy atom. The van der Waals surface area contributed by atoms with Crippen LogP contribution in [0.25, 0.3) is 5.69 Å². The van der Waals surface area contributed by atoms with E-state index in [0.717, 1.165) is 16.1 Å². The minimum absolute atomic E-state index is 0.182. The molecule has 144 valence electrons. The zero-order valence-corrected chi connectivity index (χ0v) is 16.5. The topological polar surface area (TPSA) is 73.2 Å². The van der Waals surface area contributed by atoms with Crippen LogP contribution in [0.4, 0.5) is 0 Å². The van der Waals surface area contributed by atoms with Gasteiger partial charge >= 0.3 is 5.97 Å². The number of methoxy groups -OCH3 is 1. The molecule has 3 aromatic rings. The van der Waals surface area contributed by atoms with Crippen LogP contribution in [0.1, 0.15) is 22.8 Å². The van der Waals surface area contributed by atoms with Gasteiger partial charge in [0, 0.05) is 29.5 Å². The van der Waals surface area contributed by atoms with Crippen LogP contribution in [-0.2, 0) is 16.1 Å². The lowest BCUT2D eigenvalue weighted by Crippen LogP contribution is -2.24. The number of benzene rings is 2. The Kier molecular flexibility index (Phi) is 6.49. The van der Waals surface area contributed by atoms with Gasteiger partial charge in [-0.15, -0.1) is 11.8 Å². The van der Waals surface area contributed by atoms with Crippen LogP contribution in [0.5, 0.6) is 0 Å². The van der Waals surface area contributed by atoms with Crippen molar-refractivity contribution in [1.29, 1.82) is 0 Å². The first kappa shape index (κ1) is 19.7. The molecule has 1 heterocycles. The van der Waals surface area contributed by atoms with Crippen molar-refractivity contribution in [3.63, 3.8) is 0 Å². The number of esters is 1. The molecule has 0 aliphatic heterocycles. The molecule has 0 aliphatic carbocycles. The fourth-order valence-corrected chi connectivity index (χ4v) is 3.66. The molecule has 0 aliphatic rings. The van der Waals surface area contributed by atoms with E-state index in [2.05, 4.69) is 10.3 Å². The van der Waals surface area contributed by atoms with Crippen molar-refractivity contribution in [1.82, 2.24) is 14.9 Å². The predicted molar refractivity (Wildman–Crippen MR) is 109 cm³/mol. The van der Waals surface area contributed by atoms with Gasteiger partial charge in [-0.3, -0.25) is 9.59 Å². The number of aromatic nitrogens is 2. The van der Waals surface area contributed by atoms with E-state index in [1.54, 1.807) is 25.5 Å². The minimum Gasteiger partial charge on any atom is -0.468 e. The summed E-state index contributed by atoms with van der Waals surface area (Å²) in [5, 5.41) is 2.54. The quantitative estimate of drug-likeness (QED) is 0.490. The summed E-state index contributed by atoms with van der Waals surface area (Å²) in [5.74, 6) is -0.503. The number of rotatable bonds is 7. The molecule has 0 bridgehead atoms. The number of amides is 1. The average molecular weight is 395 g/mol. The first-order valence-electron chi connectivity index (χ1n) is 8.77. The zero-order chi connectivity index (χ0) is 19.9. The first-order chi connectivity index (χ1) is 13.6. The maximum absolute atomic E-state index is 12.7. The summed E-state index contributed by atoms with van der Waals surface area (Å²) in [6, 6.07) is 15.1. The Morgan fingerprint density at radius 1 is 1.18 bits per heavy atom. The second kappa shape index (κ2) is 9.23. The summed E-state index contributed by atoms with van der Waals surface area (Å²) in [6.07, 6.45) is 5.34. The number of hydrogen-bond acceptors (Lipinski definition) is 5. The molecule has 6 nitrogen and oxygen atoms in total. The largest absolute Gasteiger partial charge is 0.468 e. The van der Waals surface area contributed by atoms with Gasteiger partial charge in [0.15, 0.2) is 0 Å². The fourth-order valence-electron chi connectivity index (χ4n) is 2.64. The van der Waals surface area contributed by atoms with Crippen molar-refractivity contribution >= 4 is 23.6 Å². The molecule has 1 atom stereocenters. The highest BCUT2D eigenvalue weighted by atomic mass is 32.2. The molecule has 28 heavy (non-hydrogen) atoms. The van der Waals surface area contributed by atoms with Crippen LogP contribution in [-0.4, -0.2) is 33.8 Å². The third-order valence-corrected chi connectivity index (χ3v) is 5.32. The number of hydrogen-bond donors (Lipinski definition) is 1. The van der Waals surface area contributed by atoms with Gasteiger partial charge in [0.1, 0.15) is 5.25 Å². The molecule has 1 aromatic heterocycles. The van der Waals surface area contributed by atoms with E-state index in [0.29, 0.717) is 12.1 Å². The number of nitrogens with zero attached hydrogens (tertiary/aromatic N) is 2. The van der Waals surface area contributed by atoms with E-state index >= 15 is 0 Å². The maximum Gasteiger partial charge on any atom is 0.318 e. The highest BCUT2D eigenvalue weighted by Crippen LogP contribution is 2.27. The van der Waals surface area contributed by atoms with Crippen LogP contribution >= 0.6 is 11.8 Å². The van der Waals surface area contributed by atoms with Crippen molar-refractivity contribution in [2.24, 2.45) is 0 Å². The number of nitrogens with one attached hydrogen (secondary N) is 1. The molecule has 1 unspecified atom stereocenters. The van der Waals surface area contributed by atoms with Crippen LogP contribution in [0, 0.1) is 0 Å². The van der Waals surface area contributed by atoms with Crippen molar-refractivity contribution in [3.05, 3.63) is 78.4 Å². The lowest BCUT2D eigenvalue weighted by Gasteiger charge is -2.13. The Bertz CT molecular complexity index is 940. The van der Waals surface area contributed by atoms with E-state index in [-0.39, 0.29) is 11.9 Å². The smallest absolute Gasteiger partial charge is 0.318 e. The predicted octanol–water partition coefficient (Wildman–Crippen LogP) is 3.46. The molecule has 1 amide bonds. The molecule has 3 rings (SSSR count). The van der Waals surface area contributed by atoms with Gasteiger partial charge in [-0.1, -0.05) is 24.3 Å². The molecule has 0 fully saturated rings. The summed E-state index contributed by atoms with van der Waals surface area (Å²) in [4.78, 5) is 29.1. The summed E-state index contributed by atoms with van der Waals surface area (Å²) in [6.45, 7) is 2.17. The molecule has 0 spiro atoms. The fraction of sp³-hybridized carbons (Fsp3) is 0.190. The molecule has 7 heteroatoms. The van der Waals surface area contributed by atoms with Gasteiger partial charge in [-0.2, -0.15) is 0 Å². The van der Waals surface area contributed by atoms with Gasteiger partial charge in [-0.25, -0.2) is 4.98 Å². The van der Waals surface area contributed by atoms with Crippen molar-refractivity contribution in [2.75, 3.05) is 7.11 Å². The number of carbonyl (C=O) groups excluding carboxylic acids is 2. The minimum atomic E-state index is -0.394. The third-order valence-electron chi connectivity index (χ3n) is 4.16. The standard InChI is InChI=1S/C21H21N3O3S/c1-15(21(26)27-2)28-19-6-4-3-5-18(19)20(25)23-13-16-7-9-17(10-8-16)24-12-11-22-14-24/h3-12,14-15H,13H2,1-2H3,(H,23,25). The molecule has 0 saturated heterocycles. The van der Waals surface area contributed by atoms with Gasteiger partial charge in [-0.05, 0) is 36.8 Å². The second-order valence-electron chi connectivity index (χ2n) is 6.10. The van der Waals surface area contributed by atoms with Gasteiger partial charge in [0.2, 0.25) is 0 Å². The average Bonchev–Trinajstić information content (AvgIpc) is 3.27.